The van der Waals surface area contributed by atoms with Gasteiger partial charge in [-0.3, -0.25) is 9.69 Å². The van der Waals surface area contributed by atoms with Gasteiger partial charge in [-0.25, -0.2) is 0 Å². The molecule has 1 aliphatic rings. The number of hydrogen-bond donors (Lipinski definition) is 2. The molecule has 1 aliphatic heterocycles. The minimum Gasteiger partial charge on any atom is -0.508 e. The molecule has 1 saturated heterocycles. The van der Waals surface area contributed by atoms with Crippen LogP contribution >= 0.6 is 15.9 Å². The summed E-state index contributed by atoms with van der Waals surface area (Å²) in [4.78, 5) is 13.4. The summed E-state index contributed by atoms with van der Waals surface area (Å²) < 4.78 is 1.02. The quantitative estimate of drug-likeness (QED) is 0.895. The predicted octanol–water partition coefficient (Wildman–Crippen LogP) is 2.26. The van der Waals surface area contributed by atoms with Crippen molar-refractivity contribution in [1.29, 1.82) is 0 Å². The van der Waals surface area contributed by atoms with E-state index in [0.717, 1.165) is 42.5 Å². The van der Waals surface area contributed by atoms with E-state index < -0.39 is 0 Å². The highest BCUT2D eigenvalue weighted by Gasteiger charge is 2.20. The van der Waals surface area contributed by atoms with E-state index in [9.17, 15) is 9.90 Å². The lowest BCUT2D eigenvalue weighted by Crippen LogP contribution is -2.43. The van der Waals surface area contributed by atoms with Gasteiger partial charge in [-0.15, -0.1) is 0 Å². The average Bonchev–Trinajstić information content (AvgIpc) is 2.35. The van der Waals surface area contributed by atoms with Gasteiger partial charge in [0.25, 0.3) is 0 Å². The first kappa shape index (κ1) is 14.3. The minimum atomic E-state index is 0.0502. The van der Waals surface area contributed by atoms with Crippen molar-refractivity contribution < 1.29 is 9.90 Å². The summed E-state index contributed by atoms with van der Waals surface area (Å²) in [7, 11) is 0. The third kappa shape index (κ3) is 4.21. The summed E-state index contributed by atoms with van der Waals surface area (Å²) in [5.41, 5.74) is 1.10. The predicted molar refractivity (Wildman–Crippen MR) is 77.9 cm³/mol. The number of carbonyl (C=O) groups is 1. The summed E-state index contributed by atoms with van der Waals surface area (Å²) >= 11 is 3.51. The summed E-state index contributed by atoms with van der Waals surface area (Å²) in [6.07, 6.45) is 1.96. The maximum absolute atomic E-state index is 11.0. The number of phenols is 1. The fourth-order valence-electron chi connectivity index (χ4n) is 2.45. The second kappa shape index (κ2) is 6.39. The van der Waals surface area contributed by atoms with Crippen LogP contribution in [0.4, 0.5) is 0 Å². The molecule has 5 heteroatoms. The Balaban J connectivity index is 1.88. The Bertz CT molecular complexity index is 457. The molecule has 0 aliphatic carbocycles. The first-order valence-corrected chi connectivity index (χ1v) is 7.31. The molecule has 0 unspecified atom stereocenters. The lowest BCUT2D eigenvalue weighted by molar-refractivity contribution is -0.119. The van der Waals surface area contributed by atoms with Crippen molar-refractivity contribution in [2.24, 2.45) is 0 Å². The lowest BCUT2D eigenvalue weighted by Gasteiger charge is -2.32. The molecule has 0 atom stereocenters. The molecule has 0 bridgehead atoms. The van der Waals surface area contributed by atoms with Crippen molar-refractivity contribution in [3.63, 3.8) is 0 Å². The highest BCUT2D eigenvalue weighted by molar-refractivity contribution is 9.10. The molecule has 1 aromatic carbocycles. The number of hydrogen-bond acceptors (Lipinski definition) is 3. The van der Waals surface area contributed by atoms with Crippen LogP contribution in [0, 0.1) is 0 Å². The van der Waals surface area contributed by atoms with Crippen molar-refractivity contribution in [3.05, 3.63) is 28.2 Å². The third-order valence-corrected chi connectivity index (χ3v) is 4.19. The van der Waals surface area contributed by atoms with Crippen LogP contribution in [-0.2, 0) is 11.3 Å². The fourth-order valence-corrected chi connectivity index (χ4v) is 2.82. The van der Waals surface area contributed by atoms with Gasteiger partial charge < -0.3 is 10.4 Å². The Morgan fingerprint density at radius 1 is 1.47 bits per heavy atom. The normalized spacial score (nSPS) is 17.4. The molecule has 0 spiro atoms. The fraction of sp³-hybridized carbons (Fsp3) is 0.500. The van der Waals surface area contributed by atoms with Crippen molar-refractivity contribution >= 4 is 21.8 Å². The first-order chi connectivity index (χ1) is 9.04. The van der Waals surface area contributed by atoms with Crippen LogP contribution in [0.2, 0.25) is 0 Å². The van der Waals surface area contributed by atoms with E-state index in [4.69, 9.17) is 0 Å². The number of likely N-dealkylation sites (tertiary alicyclic amines) is 1. The van der Waals surface area contributed by atoms with Crippen molar-refractivity contribution in [1.82, 2.24) is 10.2 Å². The molecule has 2 rings (SSSR count). The van der Waals surface area contributed by atoms with E-state index >= 15 is 0 Å². The number of benzene rings is 1. The number of phenolic OH excluding ortho intramolecular Hbond substituents is 1. The smallest absolute Gasteiger partial charge is 0.217 e. The molecule has 0 saturated carbocycles. The van der Waals surface area contributed by atoms with Gasteiger partial charge in [0.15, 0.2) is 0 Å². The third-order valence-electron chi connectivity index (χ3n) is 3.42. The van der Waals surface area contributed by atoms with Crippen molar-refractivity contribution in [2.45, 2.75) is 32.4 Å². The molecule has 104 valence electrons. The lowest BCUT2D eigenvalue weighted by atomic mass is 10.0. The summed E-state index contributed by atoms with van der Waals surface area (Å²) in [5, 5.41) is 12.5. The number of nitrogens with one attached hydrogen (secondary N) is 1. The molecule has 1 aromatic rings. The van der Waals surface area contributed by atoms with E-state index in [1.54, 1.807) is 19.1 Å². The second-order valence-electron chi connectivity index (χ2n) is 5.03. The highest BCUT2D eigenvalue weighted by atomic mass is 79.9. The average molecular weight is 327 g/mol. The van der Waals surface area contributed by atoms with Gasteiger partial charge in [-0.1, -0.05) is 15.9 Å². The Morgan fingerprint density at radius 2 is 2.16 bits per heavy atom. The highest BCUT2D eigenvalue weighted by Crippen LogP contribution is 2.24. The van der Waals surface area contributed by atoms with Gasteiger partial charge >= 0.3 is 0 Å². The van der Waals surface area contributed by atoms with E-state index in [1.165, 1.54) is 0 Å². The topological polar surface area (TPSA) is 52.6 Å². The molecule has 2 N–H and O–H groups in total. The molecule has 1 fully saturated rings. The molecule has 4 nitrogen and oxygen atoms in total. The van der Waals surface area contributed by atoms with E-state index in [-0.39, 0.29) is 5.91 Å². The summed E-state index contributed by atoms with van der Waals surface area (Å²) in [6, 6.07) is 5.65. The van der Waals surface area contributed by atoms with Crippen LogP contribution in [-0.4, -0.2) is 35.0 Å². The van der Waals surface area contributed by atoms with E-state index in [1.807, 2.05) is 6.07 Å². The van der Waals surface area contributed by atoms with Gasteiger partial charge in [0, 0.05) is 37.1 Å². The first-order valence-electron chi connectivity index (χ1n) is 6.51. The summed E-state index contributed by atoms with van der Waals surface area (Å²) in [6.45, 7) is 4.32. The maximum Gasteiger partial charge on any atom is 0.217 e. The van der Waals surface area contributed by atoms with Crippen LogP contribution in [0.15, 0.2) is 22.7 Å². The van der Waals surface area contributed by atoms with Crippen LogP contribution in [0.25, 0.3) is 0 Å². The standard InChI is InChI=1S/C14H19BrN2O2/c1-10(18)16-12-4-6-17(7-5-12)9-11-8-13(19)2-3-14(11)15/h2-3,8,12,19H,4-7,9H2,1H3,(H,16,18). The van der Waals surface area contributed by atoms with E-state index in [0.29, 0.717) is 11.8 Å². The van der Waals surface area contributed by atoms with Crippen molar-refractivity contribution in [2.75, 3.05) is 13.1 Å². The van der Waals surface area contributed by atoms with Gasteiger partial charge in [0.2, 0.25) is 5.91 Å². The number of amides is 1. The van der Waals surface area contributed by atoms with Crippen LogP contribution in [0.1, 0.15) is 25.3 Å². The zero-order chi connectivity index (χ0) is 13.8. The Labute approximate surface area is 121 Å². The molecule has 0 aromatic heterocycles. The molecule has 1 heterocycles. The molecule has 19 heavy (non-hydrogen) atoms. The molecular formula is C14H19BrN2O2. The number of carbonyl (C=O) groups excluding carboxylic acids is 1. The Morgan fingerprint density at radius 3 is 2.79 bits per heavy atom. The minimum absolute atomic E-state index is 0.0502. The Hall–Kier alpha value is -1.07. The van der Waals surface area contributed by atoms with Gasteiger partial charge in [0.1, 0.15) is 5.75 Å². The Kier molecular flexibility index (Phi) is 4.82. The monoisotopic (exact) mass is 326 g/mol. The van der Waals surface area contributed by atoms with Crippen LogP contribution in [0.5, 0.6) is 5.75 Å². The number of aromatic hydroxyl groups is 1. The molecule has 0 radical (unpaired) electrons. The zero-order valence-corrected chi connectivity index (χ0v) is 12.6. The largest absolute Gasteiger partial charge is 0.508 e. The zero-order valence-electron chi connectivity index (χ0n) is 11.0. The number of rotatable bonds is 3. The SMILES string of the molecule is CC(=O)NC1CCN(Cc2cc(O)ccc2Br)CC1. The van der Waals surface area contributed by atoms with Crippen LogP contribution < -0.4 is 5.32 Å². The number of piperidine rings is 1. The molecule has 1 amide bonds. The molecular weight excluding hydrogens is 308 g/mol. The summed E-state index contributed by atoms with van der Waals surface area (Å²) in [5.74, 6) is 0.348. The maximum atomic E-state index is 11.0. The number of halogens is 1. The van der Waals surface area contributed by atoms with Gasteiger partial charge in [-0.2, -0.15) is 0 Å². The van der Waals surface area contributed by atoms with Gasteiger partial charge in [-0.05, 0) is 36.6 Å². The van der Waals surface area contributed by atoms with Crippen molar-refractivity contribution in [3.8, 4) is 5.75 Å². The van der Waals surface area contributed by atoms with E-state index in [2.05, 4.69) is 26.1 Å². The van der Waals surface area contributed by atoms with Gasteiger partial charge in [0.05, 0.1) is 0 Å². The van der Waals surface area contributed by atoms with Crippen LogP contribution in [0.3, 0.4) is 0 Å². The number of nitrogens with zero attached hydrogens (tertiary/aromatic N) is 1. The second-order valence-corrected chi connectivity index (χ2v) is 5.88.